The number of carbonyl (C=O) groups excluding carboxylic acids is 3. The van der Waals surface area contributed by atoms with Gasteiger partial charge in [-0.05, 0) is 38.5 Å². The highest BCUT2D eigenvalue weighted by atomic mass is 16.6. The zero-order chi connectivity index (χ0) is 51.3. The first-order valence-electron chi connectivity index (χ1n) is 30.7. The molecule has 0 aromatic rings. The molecule has 2 unspecified atom stereocenters. The third-order valence-electron chi connectivity index (χ3n) is 14.4. The monoisotopic (exact) mass is 990 g/mol. The Hall–Kier alpha value is -1.93. The van der Waals surface area contributed by atoms with E-state index in [9.17, 15) is 19.5 Å². The predicted octanol–water partition coefficient (Wildman–Crippen LogP) is 17.2. The van der Waals surface area contributed by atoms with E-state index in [1.54, 1.807) is 0 Å². The minimum Gasteiger partial charge on any atom is -0.544 e. The van der Waals surface area contributed by atoms with Crippen LogP contribution in [0.3, 0.4) is 0 Å². The van der Waals surface area contributed by atoms with E-state index in [-0.39, 0.29) is 42.7 Å². The highest BCUT2D eigenvalue weighted by Gasteiger charge is 2.25. The van der Waals surface area contributed by atoms with Gasteiger partial charge in [0.15, 0.2) is 6.10 Å². The summed E-state index contributed by atoms with van der Waals surface area (Å²) in [5.41, 5.74) is 0. The average molecular weight is 991 g/mol. The lowest BCUT2D eigenvalue weighted by Gasteiger charge is -2.34. The summed E-state index contributed by atoms with van der Waals surface area (Å²) >= 11 is 0. The van der Waals surface area contributed by atoms with Crippen LogP contribution in [0, 0.1) is 0 Å². The maximum absolute atomic E-state index is 12.8. The first-order valence-corrected chi connectivity index (χ1v) is 30.7. The molecule has 414 valence electrons. The van der Waals surface area contributed by atoms with Crippen molar-refractivity contribution >= 4 is 17.9 Å². The molecule has 0 aromatic carbocycles. The van der Waals surface area contributed by atoms with Crippen LogP contribution in [0.2, 0.25) is 0 Å². The Labute approximate surface area is 435 Å². The summed E-state index contributed by atoms with van der Waals surface area (Å²) in [7, 11) is 5.44. The zero-order valence-corrected chi connectivity index (χ0v) is 47.5. The number of ether oxygens (including phenoxy) is 3. The van der Waals surface area contributed by atoms with E-state index >= 15 is 0 Å². The molecule has 0 saturated heterocycles. The Morgan fingerprint density at radius 3 is 1.03 bits per heavy atom. The van der Waals surface area contributed by atoms with Crippen LogP contribution in [0.15, 0.2) is 12.2 Å². The van der Waals surface area contributed by atoms with Crippen LogP contribution in [0.1, 0.15) is 316 Å². The third kappa shape index (κ3) is 51.0. The molecule has 0 heterocycles. The number of carboxylic acid groups (broad SMARTS) is 1. The molecule has 70 heavy (non-hydrogen) atoms. The van der Waals surface area contributed by atoms with Crippen molar-refractivity contribution in [1.29, 1.82) is 0 Å². The minimum absolute atomic E-state index is 0.0456. The first-order chi connectivity index (χ1) is 34.1. The zero-order valence-electron chi connectivity index (χ0n) is 47.5. The molecule has 0 bridgehead atoms. The number of nitrogens with zero attached hydrogens (tertiary/aromatic N) is 1. The van der Waals surface area contributed by atoms with Crippen molar-refractivity contribution in [3.8, 4) is 0 Å². The molecule has 8 nitrogen and oxygen atoms in total. The van der Waals surface area contributed by atoms with Gasteiger partial charge in [0.1, 0.15) is 12.6 Å². The van der Waals surface area contributed by atoms with Gasteiger partial charge in [0, 0.05) is 19.3 Å². The minimum atomic E-state index is -1.12. The molecule has 0 N–H and O–H groups in total. The molecule has 0 aliphatic carbocycles. The number of rotatable bonds is 57. The van der Waals surface area contributed by atoms with Gasteiger partial charge in [-0.3, -0.25) is 9.59 Å². The standard InChI is InChI=1S/C62H119NO7/c1-6-8-10-12-14-16-18-20-22-24-26-28-30-32-34-36-38-40-42-44-46-48-50-52-60(64)69-57-58(56-68-55-54-59(62(66)67)63(3,4)5)70-61(65)53-51-49-47-45-43-41-39-37-35-33-31-29-27-25-23-21-19-17-15-13-11-9-7-2/h33,35,58-59H,6-32,34,36-57H2,1-5H3/b35-33+. The van der Waals surface area contributed by atoms with Crippen molar-refractivity contribution < 1.29 is 38.2 Å². The lowest BCUT2D eigenvalue weighted by molar-refractivity contribution is -0.889. The fourth-order valence-corrected chi connectivity index (χ4v) is 9.66. The second-order valence-corrected chi connectivity index (χ2v) is 22.3. The summed E-state index contributed by atoms with van der Waals surface area (Å²) in [5.74, 6) is -1.71. The topological polar surface area (TPSA) is 102 Å². The maximum atomic E-state index is 12.8. The molecule has 0 rings (SSSR count). The van der Waals surface area contributed by atoms with Crippen molar-refractivity contribution in [3.05, 3.63) is 12.2 Å². The van der Waals surface area contributed by atoms with E-state index in [0.717, 1.165) is 38.5 Å². The van der Waals surface area contributed by atoms with Gasteiger partial charge in [-0.15, -0.1) is 0 Å². The number of esters is 2. The Balaban J connectivity index is 4.09. The third-order valence-corrected chi connectivity index (χ3v) is 14.4. The van der Waals surface area contributed by atoms with E-state index in [1.165, 1.54) is 244 Å². The lowest BCUT2D eigenvalue weighted by Crippen LogP contribution is -2.55. The number of aliphatic carboxylic acids is 1. The van der Waals surface area contributed by atoms with Crippen molar-refractivity contribution in [1.82, 2.24) is 0 Å². The first kappa shape index (κ1) is 68.1. The molecule has 0 amide bonds. The van der Waals surface area contributed by atoms with E-state index in [4.69, 9.17) is 14.2 Å². The van der Waals surface area contributed by atoms with Crippen molar-refractivity contribution in [2.24, 2.45) is 0 Å². The molecule has 0 aromatic heterocycles. The number of hydrogen-bond acceptors (Lipinski definition) is 7. The van der Waals surface area contributed by atoms with Crippen LogP contribution in [0.4, 0.5) is 0 Å². The fourth-order valence-electron chi connectivity index (χ4n) is 9.66. The number of unbranched alkanes of at least 4 members (excludes halogenated alkanes) is 41. The number of likely N-dealkylation sites (N-methyl/N-ethyl adjacent to an activating group) is 1. The summed E-state index contributed by atoms with van der Waals surface area (Å²) in [6.07, 6.45) is 62.7. The second kappa shape index (κ2) is 53.4. The van der Waals surface area contributed by atoms with Crippen molar-refractivity contribution in [2.75, 3.05) is 41.0 Å². The van der Waals surface area contributed by atoms with Gasteiger partial charge in [0.25, 0.3) is 0 Å². The van der Waals surface area contributed by atoms with Gasteiger partial charge in [-0.25, -0.2) is 0 Å². The molecule has 2 atom stereocenters. The summed E-state index contributed by atoms with van der Waals surface area (Å²) in [5, 5.41) is 11.7. The van der Waals surface area contributed by atoms with Gasteiger partial charge in [0.05, 0.1) is 40.3 Å². The smallest absolute Gasteiger partial charge is 0.306 e. The Morgan fingerprint density at radius 1 is 0.414 bits per heavy atom. The lowest BCUT2D eigenvalue weighted by atomic mass is 10.0. The van der Waals surface area contributed by atoms with Crippen LogP contribution >= 0.6 is 0 Å². The van der Waals surface area contributed by atoms with E-state index in [1.807, 2.05) is 21.1 Å². The fraction of sp³-hybridized carbons (Fsp3) is 0.919. The van der Waals surface area contributed by atoms with Crippen LogP contribution in [0.5, 0.6) is 0 Å². The summed E-state index contributed by atoms with van der Waals surface area (Å²) in [4.78, 5) is 37.2. The molecule has 0 fully saturated rings. The van der Waals surface area contributed by atoms with Crippen LogP contribution in [0.25, 0.3) is 0 Å². The second-order valence-electron chi connectivity index (χ2n) is 22.3. The van der Waals surface area contributed by atoms with Gasteiger partial charge >= 0.3 is 11.9 Å². The number of hydrogen-bond donors (Lipinski definition) is 0. The van der Waals surface area contributed by atoms with Crippen LogP contribution in [-0.2, 0) is 28.6 Å². The maximum Gasteiger partial charge on any atom is 0.306 e. The summed E-state index contributed by atoms with van der Waals surface area (Å²) < 4.78 is 17.3. The van der Waals surface area contributed by atoms with Gasteiger partial charge in [-0.1, -0.05) is 270 Å². The molecule has 0 spiro atoms. The Bertz CT molecular complexity index is 1150. The molecule has 8 heteroatoms. The van der Waals surface area contributed by atoms with E-state index in [2.05, 4.69) is 26.0 Å². The van der Waals surface area contributed by atoms with Crippen LogP contribution in [-0.4, -0.2) is 75.5 Å². The summed E-state index contributed by atoms with van der Waals surface area (Å²) in [6, 6.07) is -0.724. The largest absolute Gasteiger partial charge is 0.544 e. The predicted molar refractivity (Wildman–Crippen MR) is 296 cm³/mol. The normalized spacial score (nSPS) is 12.8. The quantitative estimate of drug-likeness (QED) is 0.0259. The van der Waals surface area contributed by atoms with Crippen LogP contribution < -0.4 is 5.11 Å². The van der Waals surface area contributed by atoms with Crippen molar-refractivity contribution in [3.63, 3.8) is 0 Å². The van der Waals surface area contributed by atoms with E-state index in [0.29, 0.717) is 12.8 Å². The molecular formula is C62H119NO7. The number of allylic oxidation sites excluding steroid dienone is 2. The molecule has 0 saturated carbocycles. The van der Waals surface area contributed by atoms with Crippen molar-refractivity contribution in [2.45, 2.75) is 328 Å². The molecule has 0 aliphatic heterocycles. The Morgan fingerprint density at radius 2 is 0.714 bits per heavy atom. The van der Waals surface area contributed by atoms with Gasteiger partial charge in [-0.2, -0.15) is 0 Å². The number of quaternary nitrogens is 1. The van der Waals surface area contributed by atoms with E-state index < -0.39 is 18.1 Å². The number of carbonyl (C=O) groups is 3. The average Bonchev–Trinajstić information content (AvgIpc) is 3.33. The molecule has 0 aliphatic rings. The highest BCUT2D eigenvalue weighted by Crippen LogP contribution is 2.18. The Kier molecular flexibility index (Phi) is 51.9. The summed E-state index contributed by atoms with van der Waals surface area (Å²) in [6.45, 7) is 4.73. The molecular weight excluding hydrogens is 871 g/mol. The number of carboxylic acids is 1. The highest BCUT2D eigenvalue weighted by molar-refractivity contribution is 5.70. The van der Waals surface area contributed by atoms with Gasteiger partial charge in [0.2, 0.25) is 0 Å². The van der Waals surface area contributed by atoms with Gasteiger partial charge < -0.3 is 28.6 Å². The molecule has 0 radical (unpaired) electrons. The SMILES string of the molecule is CCCCCCCCCCCCCC/C=C/CCCCCCCCCC(=O)OC(COCCC(C(=O)[O-])[N+](C)(C)C)COC(=O)CCCCCCCCCCCCCCCCCCCCCCCCC.